The Morgan fingerprint density at radius 2 is 2.00 bits per heavy atom. The van der Waals surface area contributed by atoms with Crippen molar-refractivity contribution in [1.82, 2.24) is 20.1 Å². The molecule has 0 unspecified atom stereocenters. The van der Waals surface area contributed by atoms with Crippen LogP contribution in [0, 0.1) is 5.92 Å². The fourth-order valence-electron chi connectivity index (χ4n) is 1.55. The van der Waals surface area contributed by atoms with E-state index < -0.39 is 0 Å². The summed E-state index contributed by atoms with van der Waals surface area (Å²) >= 11 is 0. The average molecular weight is 266 g/mol. The highest BCUT2D eigenvalue weighted by Gasteiger charge is 2.00. The van der Waals surface area contributed by atoms with Gasteiger partial charge in [-0.15, -0.1) is 5.10 Å². The van der Waals surface area contributed by atoms with Crippen LogP contribution in [0.15, 0.2) is 6.20 Å². The van der Waals surface area contributed by atoms with E-state index in [1.54, 1.807) is 6.20 Å². The predicted molar refractivity (Wildman–Crippen MR) is 79.4 cm³/mol. The number of anilines is 2. The fourth-order valence-corrected chi connectivity index (χ4v) is 1.55. The van der Waals surface area contributed by atoms with Crippen LogP contribution >= 0.6 is 0 Å². The van der Waals surface area contributed by atoms with Crippen molar-refractivity contribution >= 4 is 11.8 Å². The first-order valence-corrected chi connectivity index (χ1v) is 6.90. The van der Waals surface area contributed by atoms with Crippen molar-refractivity contribution in [3.8, 4) is 0 Å². The second kappa shape index (κ2) is 8.63. The fraction of sp³-hybridized carbons (Fsp3) is 0.769. The molecule has 0 aliphatic carbocycles. The highest BCUT2D eigenvalue weighted by atomic mass is 15.3. The lowest BCUT2D eigenvalue weighted by Gasteiger charge is -2.10. The summed E-state index contributed by atoms with van der Waals surface area (Å²) in [5, 5.41) is 14.4. The van der Waals surface area contributed by atoms with Gasteiger partial charge < -0.3 is 15.5 Å². The maximum Gasteiger partial charge on any atom is 0.244 e. The molecule has 108 valence electrons. The third kappa shape index (κ3) is 7.56. The van der Waals surface area contributed by atoms with Crippen molar-refractivity contribution in [3.05, 3.63) is 6.20 Å². The monoisotopic (exact) mass is 266 g/mol. The molecular formula is C13H26N6. The second-order valence-corrected chi connectivity index (χ2v) is 5.36. The highest BCUT2D eigenvalue weighted by molar-refractivity contribution is 5.36. The van der Waals surface area contributed by atoms with E-state index in [2.05, 4.69) is 58.7 Å². The van der Waals surface area contributed by atoms with E-state index in [0.717, 1.165) is 38.3 Å². The van der Waals surface area contributed by atoms with Crippen LogP contribution in [-0.4, -0.2) is 53.8 Å². The van der Waals surface area contributed by atoms with Gasteiger partial charge in [0.25, 0.3) is 0 Å². The Kier molecular flexibility index (Phi) is 7.10. The summed E-state index contributed by atoms with van der Waals surface area (Å²) in [6, 6.07) is 0. The van der Waals surface area contributed by atoms with Crippen LogP contribution in [0.2, 0.25) is 0 Å². The zero-order valence-electron chi connectivity index (χ0n) is 12.5. The summed E-state index contributed by atoms with van der Waals surface area (Å²) in [4.78, 5) is 6.53. The number of hydrogen-bond donors (Lipinski definition) is 2. The van der Waals surface area contributed by atoms with Crippen molar-refractivity contribution in [2.45, 2.75) is 26.7 Å². The van der Waals surface area contributed by atoms with Crippen LogP contribution in [0.3, 0.4) is 0 Å². The minimum Gasteiger partial charge on any atom is -0.369 e. The van der Waals surface area contributed by atoms with Gasteiger partial charge in [0.05, 0.1) is 6.20 Å². The molecule has 0 aromatic carbocycles. The molecule has 0 fully saturated rings. The highest BCUT2D eigenvalue weighted by Crippen LogP contribution is 2.05. The Morgan fingerprint density at radius 1 is 1.21 bits per heavy atom. The molecular weight excluding hydrogens is 240 g/mol. The molecule has 2 N–H and O–H groups in total. The summed E-state index contributed by atoms with van der Waals surface area (Å²) in [5.41, 5.74) is 0. The van der Waals surface area contributed by atoms with Crippen LogP contribution in [0.4, 0.5) is 11.8 Å². The van der Waals surface area contributed by atoms with Gasteiger partial charge in [-0.25, -0.2) is 0 Å². The van der Waals surface area contributed by atoms with Gasteiger partial charge in [-0.3, -0.25) is 0 Å². The van der Waals surface area contributed by atoms with Gasteiger partial charge in [0.15, 0.2) is 0 Å². The Morgan fingerprint density at radius 3 is 2.68 bits per heavy atom. The van der Waals surface area contributed by atoms with Crippen LogP contribution < -0.4 is 10.6 Å². The topological polar surface area (TPSA) is 66.0 Å². The molecule has 0 spiro atoms. The number of nitrogens with zero attached hydrogens (tertiary/aromatic N) is 4. The largest absolute Gasteiger partial charge is 0.369 e. The van der Waals surface area contributed by atoms with Gasteiger partial charge >= 0.3 is 0 Å². The van der Waals surface area contributed by atoms with Gasteiger partial charge in [0.1, 0.15) is 5.82 Å². The van der Waals surface area contributed by atoms with Crippen LogP contribution in [0.25, 0.3) is 0 Å². The van der Waals surface area contributed by atoms with Crippen LogP contribution in [-0.2, 0) is 0 Å². The molecule has 1 heterocycles. The lowest BCUT2D eigenvalue weighted by atomic mass is 10.1. The van der Waals surface area contributed by atoms with Gasteiger partial charge in [-0.2, -0.15) is 10.1 Å². The van der Waals surface area contributed by atoms with E-state index in [4.69, 9.17) is 0 Å². The Hall–Kier alpha value is -1.43. The van der Waals surface area contributed by atoms with E-state index in [1.165, 1.54) is 0 Å². The van der Waals surface area contributed by atoms with E-state index in [-0.39, 0.29) is 0 Å². The molecule has 0 saturated heterocycles. The van der Waals surface area contributed by atoms with Gasteiger partial charge in [-0.1, -0.05) is 13.8 Å². The number of hydrogen-bond acceptors (Lipinski definition) is 6. The molecule has 0 bridgehead atoms. The normalized spacial score (nSPS) is 11.1. The standard InChI is InChI=1S/C13H26N6/c1-11(2)6-8-14-12-10-16-18-13(17-12)15-7-5-9-19(3)4/h10-11H,5-9H2,1-4H3,(H2,14,15,17,18). The van der Waals surface area contributed by atoms with Crippen molar-refractivity contribution in [1.29, 1.82) is 0 Å². The summed E-state index contributed by atoms with van der Waals surface area (Å²) in [7, 11) is 4.13. The zero-order valence-corrected chi connectivity index (χ0v) is 12.5. The molecule has 0 aliphatic heterocycles. The van der Waals surface area contributed by atoms with Crippen LogP contribution in [0.1, 0.15) is 26.7 Å². The molecule has 6 nitrogen and oxygen atoms in total. The zero-order chi connectivity index (χ0) is 14.1. The quantitative estimate of drug-likeness (QED) is 0.663. The van der Waals surface area contributed by atoms with E-state index in [0.29, 0.717) is 11.9 Å². The Labute approximate surface area is 116 Å². The third-order valence-corrected chi connectivity index (χ3v) is 2.65. The Balaban J connectivity index is 2.31. The van der Waals surface area contributed by atoms with E-state index >= 15 is 0 Å². The van der Waals surface area contributed by atoms with E-state index in [9.17, 15) is 0 Å². The molecule has 0 atom stereocenters. The van der Waals surface area contributed by atoms with Gasteiger partial charge in [0.2, 0.25) is 5.95 Å². The van der Waals surface area contributed by atoms with Crippen molar-refractivity contribution in [3.63, 3.8) is 0 Å². The van der Waals surface area contributed by atoms with Gasteiger partial charge in [0, 0.05) is 13.1 Å². The molecule has 19 heavy (non-hydrogen) atoms. The molecule has 0 radical (unpaired) electrons. The molecule has 0 amide bonds. The maximum absolute atomic E-state index is 4.38. The Bertz CT molecular complexity index is 353. The predicted octanol–water partition coefficient (Wildman–Crippen LogP) is 1.69. The smallest absolute Gasteiger partial charge is 0.244 e. The summed E-state index contributed by atoms with van der Waals surface area (Å²) < 4.78 is 0. The maximum atomic E-state index is 4.38. The van der Waals surface area contributed by atoms with Crippen molar-refractivity contribution in [2.24, 2.45) is 5.92 Å². The minimum absolute atomic E-state index is 0.591. The summed E-state index contributed by atoms with van der Waals surface area (Å²) in [6.07, 6.45) is 3.84. The SMILES string of the molecule is CC(C)CCNc1cnnc(NCCCN(C)C)n1. The average Bonchev–Trinajstić information content (AvgIpc) is 2.34. The van der Waals surface area contributed by atoms with Crippen LogP contribution in [0.5, 0.6) is 0 Å². The first-order valence-electron chi connectivity index (χ1n) is 6.90. The van der Waals surface area contributed by atoms with Gasteiger partial charge in [-0.05, 0) is 39.4 Å². The number of aromatic nitrogens is 3. The molecule has 1 aromatic rings. The third-order valence-electron chi connectivity index (χ3n) is 2.65. The van der Waals surface area contributed by atoms with Crippen molar-refractivity contribution in [2.75, 3.05) is 44.4 Å². The minimum atomic E-state index is 0.591. The summed E-state index contributed by atoms with van der Waals surface area (Å²) in [6.45, 7) is 7.23. The number of nitrogens with one attached hydrogen (secondary N) is 2. The lowest BCUT2D eigenvalue weighted by molar-refractivity contribution is 0.405. The molecule has 0 aliphatic rings. The van der Waals surface area contributed by atoms with E-state index in [1.807, 2.05) is 0 Å². The van der Waals surface area contributed by atoms with Crippen molar-refractivity contribution < 1.29 is 0 Å². The first-order chi connectivity index (χ1) is 9.08. The molecule has 0 saturated carbocycles. The second-order valence-electron chi connectivity index (χ2n) is 5.36. The molecule has 1 rings (SSSR count). The summed E-state index contributed by atoms with van der Waals surface area (Å²) in [5.74, 6) is 2.06. The number of rotatable bonds is 9. The molecule has 1 aromatic heterocycles. The first kappa shape index (κ1) is 15.6. The molecule has 6 heteroatoms. The lowest BCUT2D eigenvalue weighted by Crippen LogP contribution is -2.17.